The fraction of sp³-hybridized carbons (Fsp3) is 0. The van der Waals surface area contributed by atoms with Gasteiger partial charge in [-0.2, -0.15) is 0 Å². The number of rotatable bonds is 2. The molecule has 3 rings (SSSR count). The van der Waals surface area contributed by atoms with Crippen molar-refractivity contribution < 1.29 is 4.52 Å². The smallest absolute Gasteiger partial charge is 0.177 e. The molecule has 0 fully saturated rings. The second-order valence-electron chi connectivity index (χ2n) is 4.38. The first-order valence-corrected chi connectivity index (χ1v) is 7.58. The van der Waals surface area contributed by atoms with Gasteiger partial charge in [0.2, 0.25) is 0 Å². The highest BCUT2D eigenvalue weighted by Gasteiger charge is 2.22. The summed E-state index contributed by atoms with van der Waals surface area (Å²) in [5, 5.41) is 4.84. The number of anilines is 1. The Morgan fingerprint density at radius 3 is 2.33 bits per heavy atom. The minimum absolute atomic E-state index is 0.250. The molecule has 3 nitrogen and oxygen atoms in total. The molecule has 0 unspecified atom stereocenters. The molecular formula is C15H9BrCl2N2O. The zero-order valence-corrected chi connectivity index (χ0v) is 13.7. The summed E-state index contributed by atoms with van der Waals surface area (Å²) in [6, 6.07) is 12.9. The van der Waals surface area contributed by atoms with Gasteiger partial charge in [-0.05, 0) is 24.3 Å². The van der Waals surface area contributed by atoms with Crippen LogP contribution >= 0.6 is 39.1 Å². The highest BCUT2D eigenvalue weighted by molar-refractivity contribution is 9.10. The van der Waals surface area contributed by atoms with Crippen LogP contribution < -0.4 is 5.73 Å². The average Bonchev–Trinajstić information content (AvgIpc) is 2.81. The van der Waals surface area contributed by atoms with Gasteiger partial charge >= 0.3 is 0 Å². The maximum Gasteiger partial charge on any atom is 0.177 e. The molecule has 1 heterocycles. The number of nitrogen functional groups attached to an aromatic ring is 1. The number of aromatic nitrogens is 1. The molecule has 2 aromatic carbocycles. The third-order valence-electron chi connectivity index (χ3n) is 3.02. The molecule has 0 radical (unpaired) electrons. The molecule has 0 atom stereocenters. The fourth-order valence-electron chi connectivity index (χ4n) is 2.11. The molecule has 0 saturated carbocycles. The lowest BCUT2D eigenvalue weighted by Gasteiger charge is -2.07. The minimum atomic E-state index is 0.250. The van der Waals surface area contributed by atoms with E-state index in [4.69, 9.17) is 33.5 Å². The van der Waals surface area contributed by atoms with Crippen LogP contribution in [0.5, 0.6) is 0 Å². The third-order valence-corrected chi connectivity index (χ3v) is 4.14. The standard InChI is InChI=1S/C15H9BrCl2N2O/c16-9-4-1-3-8(7-9)14-13(15(19)20-21-14)12-10(17)5-2-6-11(12)18/h1-7H,(H2,19,20). The summed E-state index contributed by atoms with van der Waals surface area (Å²) in [7, 11) is 0. The van der Waals surface area contributed by atoms with Crippen LogP contribution in [-0.4, -0.2) is 5.16 Å². The van der Waals surface area contributed by atoms with Gasteiger partial charge in [0.25, 0.3) is 0 Å². The normalized spacial score (nSPS) is 10.8. The van der Waals surface area contributed by atoms with Crippen molar-refractivity contribution in [2.75, 3.05) is 5.73 Å². The molecule has 0 saturated heterocycles. The summed E-state index contributed by atoms with van der Waals surface area (Å²) in [4.78, 5) is 0. The zero-order chi connectivity index (χ0) is 15.0. The van der Waals surface area contributed by atoms with Crippen molar-refractivity contribution in [2.45, 2.75) is 0 Å². The summed E-state index contributed by atoms with van der Waals surface area (Å²) in [6.07, 6.45) is 0. The Hall–Kier alpha value is -1.49. The summed E-state index contributed by atoms with van der Waals surface area (Å²) in [6.45, 7) is 0. The van der Waals surface area contributed by atoms with Crippen molar-refractivity contribution in [2.24, 2.45) is 0 Å². The Labute approximate surface area is 139 Å². The van der Waals surface area contributed by atoms with Gasteiger partial charge in [-0.25, -0.2) is 0 Å². The molecule has 0 amide bonds. The van der Waals surface area contributed by atoms with Crippen LogP contribution in [0.15, 0.2) is 51.5 Å². The van der Waals surface area contributed by atoms with E-state index in [0.717, 1.165) is 10.0 Å². The number of nitrogens with zero attached hydrogens (tertiary/aromatic N) is 1. The topological polar surface area (TPSA) is 52.0 Å². The summed E-state index contributed by atoms with van der Waals surface area (Å²) < 4.78 is 6.31. The van der Waals surface area contributed by atoms with E-state index < -0.39 is 0 Å². The van der Waals surface area contributed by atoms with Crippen LogP contribution in [-0.2, 0) is 0 Å². The molecule has 3 aromatic rings. The monoisotopic (exact) mass is 382 g/mol. The van der Waals surface area contributed by atoms with Crippen LogP contribution in [0.1, 0.15) is 0 Å². The second kappa shape index (κ2) is 5.72. The molecule has 1 aromatic heterocycles. The Kier molecular flexibility index (Phi) is 3.93. The average molecular weight is 384 g/mol. The van der Waals surface area contributed by atoms with Crippen LogP contribution in [0, 0.1) is 0 Å². The van der Waals surface area contributed by atoms with E-state index in [9.17, 15) is 0 Å². The van der Waals surface area contributed by atoms with Gasteiger partial charge < -0.3 is 10.3 Å². The molecule has 0 bridgehead atoms. The number of hydrogen-bond acceptors (Lipinski definition) is 3. The number of nitrogens with two attached hydrogens (primary N) is 1. The van der Waals surface area contributed by atoms with Crippen LogP contribution in [0.2, 0.25) is 10.0 Å². The first-order valence-electron chi connectivity index (χ1n) is 6.03. The van der Waals surface area contributed by atoms with E-state index in [-0.39, 0.29) is 5.82 Å². The highest BCUT2D eigenvalue weighted by Crippen LogP contribution is 2.43. The van der Waals surface area contributed by atoms with E-state index in [2.05, 4.69) is 21.1 Å². The van der Waals surface area contributed by atoms with Gasteiger partial charge in [-0.1, -0.05) is 62.5 Å². The van der Waals surface area contributed by atoms with Crippen LogP contribution in [0.25, 0.3) is 22.5 Å². The van der Waals surface area contributed by atoms with E-state index >= 15 is 0 Å². The fourth-order valence-corrected chi connectivity index (χ4v) is 3.09. The molecule has 0 aliphatic carbocycles. The summed E-state index contributed by atoms with van der Waals surface area (Å²) >= 11 is 16.0. The molecular weight excluding hydrogens is 375 g/mol. The van der Waals surface area contributed by atoms with Crippen molar-refractivity contribution >= 4 is 44.9 Å². The van der Waals surface area contributed by atoms with Crippen LogP contribution in [0.3, 0.4) is 0 Å². The van der Waals surface area contributed by atoms with Crippen molar-refractivity contribution in [1.82, 2.24) is 5.16 Å². The largest absolute Gasteiger partial charge is 0.380 e. The maximum atomic E-state index is 6.26. The molecule has 0 aliphatic rings. The highest BCUT2D eigenvalue weighted by atomic mass is 79.9. The van der Waals surface area contributed by atoms with E-state index in [1.807, 2.05) is 24.3 Å². The number of halogens is 3. The van der Waals surface area contributed by atoms with Crippen molar-refractivity contribution in [1.29, 1.82) is 0 Å². The predicted octanol–water partition coefficient (Wildman–Crippen LogP) is 5.66. The van der Waals surface area contributed by atoms with E-state index in [0.29, 0.717) is 26.9 Å². The predicted molar refractivity (Wildman–Crippen MR) is 89.5 cm³/mol. The van der Waals surface area contributed by atoms with Crippen molar-refractivity contribution in [3.05, 3.63) is 57.0 Å². The van der Waals surface area contributed by atoms with Gasteiger partial charge in [0, 0.05) is 15.6 Å². The molecule has 2 N–H and O–H groups in total. The number of hydrogen-bond donors (Lipinski definition) is 1. The minimum Gasteiger partial charge on any atom is -0.380 e. The lowest BCUT2D eigenvalue weighted by molar-refractivity contribution is 0.436. The molecule has 0 spiro atoms. The Morgan fingerprint density at radius 1 is 1.00 bits per heavy atom. The summed E-state index contributed by atoms with van der Waals surface area (Å²) in [5.74, 6) is 0.781. The first-order chi connectivity index (χ1) is 10.1. The summed E-state index contributed by atoms with van der Waals surface area (Å²) in [5.41, 5.74) is 8.01. The van der Waals surface area contributed by atoms with Gasteiger partial charge in [0.1, 0.15) is 0 Å². The lowest BCUT2D eigenvalue weighted by Crippen LogP contribution is -1.90. The molecule has 21 heavy (non-hydrogen) atoms. The molecule has 106 valence electrons. The van der Waals surface area contributed by atoms with Gasteiger partial charge in [-0.15, -0.1) is 0 Å². The third kappa shape index (κ3) is 2.67. The second-order valence-corrected chi connectivity index (χ2v) is 6.11. The van der Waals surface area contributed by atoms with Gasteiger partial charge in [-0.3, -0.25) is 0 Å². The van der Waals surface area contributed by atoms with Crippen molar-refractivity contribution in [3.63, 3.8) is 0 Å². The van der Waals surface area contributed by atoms with Gasteiger partial charge in [0.15, 0.2) is 11.6 Å². The first kappa shape index (κ1) is 14.4. The maximum absolute atomic E-state index is 6.26. The zero-order valence-electron chi connectivity index (χ0n) is 10.6. The molecule has 0 aliphatic heterocycles. The lowest BCUT2D eigenvalue weighted by atomic mass is 10.0. The Morgan fingerprint density at radius 2 is 1.67 bits per heavy atom. The SMILES string of the molecule is Nc1noc(-c2cccc(Br)c2)c1-c1c(Cl)cccc1Cl. The van der Waals surface area contributed by atoms with Crippen molar-refractivity contribution in [3.8, 4) is 22.5 Å². The molecule has 6 heteroatoms. The van der Waals surface area contributed by atoms with E-state index in [1.165, 1.54) is 0 Å². The Bertz CT molecular complexity index is 797. The quantitative estimate of drug-likeness (QED) is 0.621. The van der Waals surface area contributed by atoms with E-state index in [1.54, 1.807) is 18.2 Å². The van der Waals surface area contributed by atoms with Crippen LogP contribution in [0.4, 0.5) is 5.82 Å². The van der Waals surface area contributed by atoms with Gasteiger partial charge in [0.05, 0.1) is 15.6 Å². The Balaban J connectivity index is 2.28. The number of benzene rings is 2.